The summed E-state index contributed by atoms with van der Waals surface area (Å²) in [6.45, 7) is 1.37. The zero-order chi connectivity index (χ0) is 17.4. The van der Waals surface area contributed by atoms with Crippen LogP contribution in [0.2, 0.25) is 0 Å². The molecule has 0 bridgehead atoms. The minimum absolute atomic E-state index is 0.305. The van der Waals surface area contributed by atoms with Crippen molar-refractivity contribution >= 4 is 17.9 Å². The number of imidazole rings is 1. The third-order valence-electron chi connectivity index (χ3n) is 2.62. The molecule has 0 aromatic carbocycles. The Morgan fingerprint density at radius 1 is 1.35 bits per heavy atom. The van der Waals surface area contributed by atoms with Crippen LogP contribution in [0, 0.1) is 10.1 Å². The summed E-state index contributed by atoms with van der Waals surface area (Å²) in [5.41, 5.74) is 0. The fourth-order valence-electron chi connectivity index (χ4n) is 1.53. The normalized spacial score (nSPS) is 13.2. The standard InChI is InChI=1S/C12H17N3O8/c1-8(16)21-5-10(18)11(6-22-9(2)17)23-7-14-4-3-13-12(14)15(19)20/h3-4,10-11,18H,5-7H2,1-2H3/t10-,11-/m0/s1. The van der Waals surface area contributed by atoms with E-state index in [1.807, 2.05) is 0 Å². The van der Waals surface area contributed by atoms with Crippen molar-refractivity contribution in [3.63, 3.8) is 0 Å². The minimum Gasteiger partial charge on any atom is -0.463 e. The molecule has 0 saturated heterocycles. The van der Waals surface area contributed by atoms with E-state index in [0.717, 1.165) is 4.57 Å². The second kappa shape index (κ2) is 8.80. The van der Waals surface area contributed by atoms with Crippen molar-refractivity contribution in [2.75, 3.05) is 13.2 Å². The summed E-state index contributed by atoms with van der Waals surface area (Å²) in [5.74, 6) is -1.63. The van der Waals surface area contributed by atoms with Crippen molar-refractivity contribution < 1.29 is 33.8 Å². The van der Waals surface area contributed by atoms with Gasteiger partial charge in [-0.15, -0.1) is 0 Å². The van der Waals surface area contributed by atoms with E-state index in [1.54, 1.807) is 0 Å². The van der Waals surface area contributed by atoms with Gasteiger partial charge in [0.05, 0.1) is 0 Å². The quantitative estimate of drug-likeness (QED) is 0.364. The molecule has 0 unspecified atom stereocenters. The smallest absolute Gasteiger partial charge is 0.436 e. The fourth-order valence-corrected chi connectivity index (χ4v) is 1.53. The third kappa shape index (κ3) is 6.40. The maximum absolute atomic E-state index is 10.9. The molecule has 11 heteroatoms. The van der Waals surface area contributed by atoms with Crippen LogP contribution in [0.15, 0.2) is 12.4 Å². The summed E-state index contributed by atoms with van der Waals surface area (Å²) in [7, 11) is 0. The first kappa shape index (κ1) is 18.5. The average molecular weight is 331 g/mol. The van der Waals surface area contributed by atoms with E-state index in [9.17, 15) is 24.8 Å². The zero-order valence-electron chi connectivity index (χ0n) is 12.6. The van der Waals surface area contributed by atoms with Crippen LogP contribution in [0.3, 0.4) is 0 Å². The predicted molar refractivity (Wildman–Crippen MR) is 73.0 cm³/mol. The Morgan fingerprint density at radius 2 is 1.96 bits per heavy atom. The van der Waals surface area contributed by atoms with E-state index in [2.05, 4.69) is 9.72 Å². The number of aliphatic hydroxyl groups excluding tert-OH is 1. The van der Waals surface area contributed by atoms with Gasteiger partial charge >= 0.3 is 17.9 Å². The van der Waals surface area contributed by atoms with Crippen molar-refractivity contribution in [2.24, 2.45) is 0 Å². The molecule has 128 valence electrons. The highest BCUT2D eigenvalue weighted by atomic mass is 16.6. The summed E-state index contributed by atoms with van der Waals surface area (Å²) in [4.78, 5) is 35.2. The Bertz CT molecular complexity index is 558. The number of nitro groups is 1. The molecule has 0 aliphatic carbocycles. The van der Waals surface area contributed by atoms with Gasteiger partial charge in [0.25, 0.3) is 0 Å². The third-order valence-corrected chi connectivity index (χ3v) is 2.62. The molecule has 1 N–H and O–H groups in total. The molecule has 11 nitrogen and oxygen atoms in total. The number of carbonyl (C=O) groups is 2. The van der Waals surface area contributed by atoms with E-state index in [-0.39, 0.29) is 19.9 Å². The number of carbonyl (C=O) groups excluding carboxylic acids is 2. The minimum atomic E-state index is -1.28. The lowest BCUT2D eigenvalue weighted by Gasteiger charge is -2.22. The number of hydrogen-bond donors (Lipinski definition) is 1. The summed E-state index contributed by atoms with van der Waals surface area (Å²) >= 11 is 0. The van der Waals surface area contributed by atoms with E-state index >= 15 is 0 Å². The lowest BCUT2D eigenvalue weighted by atomic mass is 10.2. The molecular formula is C12H17N3O8. The lowest BCUT2D eigenvalue weighted by Crippen LogP contribution is -2.38. The second-order valence-electron chi connectivity index (χ2n) is 4.46. The van der Waals surface area contributed by atoms with Gasteiger partial charge in [-0.1, -0.05) is 4.98 Å². The molecule has 0 radical (unpaired) electrons. The highest BCUT2D eigenvalue weighted by Gasteiger charge is 2.24. The fraction of sp³-hybridized carbons (Fsp3) is 0.583. The van der Waals surface area contributed by atoms with Crippen molar-refractivity contribution in [1.29, 1.82) is 0 Å². The van der Waals surface area contributed by atoms with Crippen LogP contribution < -0.4 is 0 Å². The lowest BCUT2D eigenvalue weighted by molar-refractivity contribution is -0.397. The van der Waals surface area contributed by atoms with Gasteiger partial charge in [-0.2, -0.15) is 0 Å². The van der Waals surface area contributed by atoms with Crippen molar-refractivity contribution in [3.05, 3.63) is 22.5 Å². The van der Waals surface area contributed by atoms with Gasteiger partial charge in [-0.25, -0.2) is 4.57 Å². The number of esters is 2. The van der Waals surface area contributed by atoms with Crippen LogP contribution in [-0.2, 0) is 30.5 Å². The second-order valence-corrected chi connectivity index (χ2v) is 4.46. The Kier molecular flexibility index (Phi) is 7.09. The number of rotatable bonds is 9. The first-order valence-corrected chi connectivity index (χ1v) is 6.53. The summed E-state index contributed by atoms with van der Waals surface area (Å²) in [6, 6.07) is 0. The van der Waals surface area contributed by atoms with E-state index < -0.39 is 35.0 Å². The van der Waals surface area contributed by atoms with Crippen molar-refractivity contribution in [1.82, 2.24) is 9.55 Å². The number of ether oxygens (including phenoxy) is 3. The van der Waals surface area contributed by atoms with Gasteiger partial charge < -0.3 is 29.4 Å². The Morgan fingerprint density at radius 3 is 2.52 bits per heavy atom. The van der Waals surface area contributed by atoms with Crippen LogP contribution in [0.5, 0.6) is 0 Å². The van der Waals surface area contributed by atoms with Crippen LogP contribution in [0.1, 0.15) is 13.8 Å². The molecule has 1 heterocycles. The van der Waals surface area contributed by atoms with Gasteiger partial charge in [0.2, 0.25) is 0 Å². The molecule has 1 rings (SSSR count). The molecular weight excluding hydrogens is 314 g/mol. The van der Waals surface area contributed by atoms with E-state index in [1.165, 1.54) is 26.2 Å². The average Bonchev–Trinajstić information content (AvgIpc) is 2.93. The largest absolute Gasteiger partial charge is 0.463 e. The molecule has 0 aliphatic rings. The molecule has 2 atom stereocenters. The van der Waals surface area contributed by atoms with Crippen molar-refractivity contribution in [2.45, 2.75) is 32.8 Å². The number of aromatic nitrogens is 2. The van der Waals surface area contributed by atoms with Gasteiger partial charge in [0, 0.05) is 13.8 Å². The van der Waals surface area contributed by atoms with Crippen molar-refractivity contribution in [3.8, 4) is 0 Å². The van der Waals surface area contributed by atoms with Gasteiger partial charge in [-0.05, 0) is 4.92 Å². The molecule has 23 heavy (non-hydrogen) atoms. The Labute approximate surface area is 130 Å². The monoisotopic (exact) mass is 331 g/mol. The van der Waals surface area contributed by atoms with Crippen LogP contribution in [0.25, 0.3) is 0 Å². The molecule has 1 aromatic rings. The highest BCUT2D eigenvalue weighted by molar-refractivity contribution is 5.66. The zero-order valence-corrected chi connectivity index (χ0v) is 12.6. The molecule has 0 aliphatic heterocycles. The molecule has 1 aromatic heterocycles. The number of aliphatic hydroxyl groups is 1. The van der Waals surface area contributed by atoms with Gasteiger partial charge in [-0.3, -0.25) is 9.59 Å². The maximum atomic E-state index is 10.9. The van der Waals surface area contributed by atoms with E-state index in [4.69, 9.17) is 9.47 Å². The Hall–Kier alpha value is -2.53. The molecule has 0 spiro atoms. The number of hydrogen-bond acceptors (Lipinski definition) is 9. The van der Waals surface area contributed by atoms with Crippen LogP contribution in [0.4, 0.5) is 5.95 Å². The van der Waals surface area contributed by atoms with E-state index in [0.29, 0.717) is 0 Å². The van der Waals surface area contributed by atoms with Gasteiger partial charge in [0.1, 0.15) is 37.8 Å². The van der Waals surface area contributed by atoms with Crippen LogP contribution in [-0.4, -0.2) is 56.9 Å². The maximum Gasteiger partial charge on any atom is 0.436 e. The first-order chi connectivity index (χ1) is 10.8. The number of nitrogens with zero attached hydrogens (tertiary/aromatic N) is 3. The highest BCUT2D eigenvalue weighted by Crippen LogP contribution is 2.10. The molecule has 0 fully saturated rings. The summed E-state index contributed by atoms with van der Waals surface area (Å²) < 4.78 is 15.8. The molecule has 0 saturated carbocycles. The predicted octanol–water partition coefficient (Wildman–Crippen LogP) is -0.379. The summed E-state index contributed by atoms with van der Waals surface area (Å²) in [6.07, 6.45) is 0.221. The molecule has 0 amide bonds. The first-order valence-electron chi connectivity index (χ1n) is 6.53. The summed E-state index contributed by atoms with van der Waals surface area (Å²) in [5, 5.41) is 20.7. The topological polar surface area (TPSA) is 143 Å². The Balaban J connectivity index is 2.67. The van der Waals surface area contributed by atoms with Gasteiger partial charge in [0.15, 0.2) is 6.73 Å². The van der Waals surface area contributed by atoms with Crippen LogP contribution >= 0.6 is 0 Å². The SMILES string of the molecule is CC(=O)OC[C@H](OCn1ccnc1[N+](=O)[O-])[C@@H](O)COC(C)=O.